The van der Waals surface area contributed by atoms with Gasteiger partial charge in [-0.3, -0.25) is 0 Å². The van der Waals surface area contributed by atoms with E-state index in [-0.39, 0.29) is 0 Å². The van der Waals surface area contributed by atoms with Gasteiger partial charge in [0.15, 0.2) is 0 Å². The first kappa shape index (κ1) is 11.4. The van der Waals surface area contributed by atoms with E-state index in [1.54, 1.807) is 0 Å². The standard InChI is InChI=1S/C11H12ClNS/c1-9(5-6-14-8-13)10-3-2-4-11(12)7-10/h2-4,7,9H,5-6H2,1H3. The molecule has 1 rings (SSSR count). The van der Waals surface area contributed by atoms with Crippen LogP contribution in [0.1, 0.15) is 24.8 Å². The van der Waals surface area contributed by atoms with Crippen LogP contribution in [0.2, 0.25) is 5.02 Å². The molecule has 1 aromatic rings. The largest absolute Gasteiger partial charge is 0.185 e. The molecule has 1 aromatic carbocycles. The molecule has 0 aliphatic heterocycles. The fourth-order valence-electron chi connectivity index (χ4n) is 1.26. The van der Waals surface area contributed by atoms with Crippen molar-refractivity contribution in [1.82, 2.24) is 0 Å². The minimum absolute atomic E-state index is 0.467. The van der Waals surface area contributed by atoms with Crippen molar-refractivity contribution in [1.29, 1.82) is 5.26 Å². The van der Waals surface area contributed by atoms with Gasteiger partial charge in [0.25, 0.3) is 0 Å². The molecule has 14 heavy (non-hydrogen) atoms. The lowest BCUT2D eigenvalue weighted by Gasteiger charge is -2.10. The van der Waals surface area contributed by atoms with Gasteiger partial charge >= 0.3 is 0 Å². The molecule has 0 saturated carbocycles. The minimum Gasteiger partial charge on any atom is -0.185 e. The molecule has 0 aliphatic rings. The van der Waals surface area contributed by atoms with Gasteiger partial charge in [-0.25, -0.2) is 0 Å². The maximum absolute atomic E-state index is 8.39. The maximum Gasteiger partial charge on any atom is 0.133 e. The highest BCUT2D eigenvalue weighted by Crippen LogP contribution is 2.23. The molecular formula is C11H12ClNS. The lowest BCUT2D eigenvalue weighted by atomic mass is 9.99. The lowest BCUT2D eigenvalue weighted by molar-refractivity contribution is 0.742. The van der Waals surface area contributed by atoms with Gasteiger partial charge in [0.2, 0.25) is 0 Å². The average molecular weight is 226 g/mol. The van der Waals surface area contributed by atoms with Crippen molar-refractivity contribution < 1.29 is 0 Å². The van der Waals surface area contributed by atoms with E-state index >= 15 is 0 Å². The molecule has 1 nitrogen and oxygen atoms in total. The molecule has 0 N–H and O–H groups in total. The summed E-state index contributed by atoms with van der Waals surface area (Å²) >= 11 is 7.20. The van der Waals surface area contributed by atoms with Crippen LogP contribution in [0.25, 0.3) is 0 Å². The third kappa shape index (κ3) is 3.61. The van der Waals surface area contributed by atoms with E-state index in [1.807, 2.05) is 18.2 Å². The molecule has 0 saturated heterocycles. The van der Waals surface area contributed by atoms with Crippen LogP contribution in [-0.4, -0.2) is 5.75 Å². The molecule has 0 amide bonds. The Morgan fingerprint density at radius 3 is 3.00 bits per heavy atom. The highest BCUT2D eigenvalue weighted by molar-refractivity contribution is 8.03. The normalized spacial score (nSPS) is 12.1. The Bertz CT molecular complexity index is 332. The first-order valence-corrected chi connectivity index (χ1v) is 5.86. The van der Waals surface area contributed by atoms with Crippen LogP contribution in [0, 0.1) is 10.7 Å². The lowest BCUT2D eigenvalue weighted by Crippen LogP contribution is -1.94. The molecule has 0 heterocycles. The van der Waals surface area contributed by atoms with Crippen molar-refractivity contribution in [3.05, 3.63) is 34.9 Å². The molecular weight excluding hydrogens is 214 g/mol. The van der Waals surface area contributed by atoms with Crippen LogP contribution in [0.4, 0.5) is 0 Å². The van der Waals surface area contributed by atoms with Gasteiger partial charge in [0, 0.05) is 10.8 Å². The molecule has 0 aromatic heterocycles. The van der Waals surface area contributed by atoms with Crippen molar-refractivity contribution >= 4 is 23.4 Å². The topological polar surface area (TPSA) is 23.8 Å². The predicted molar refractivity (Wildman–Crippen MR) is 62.6 cm³/mol. The first-order valence-electron chi connectivity index (χ1n) is 4.50. The van der Waals surface area contributed by atoms with E-state index in [1.165, 1.54) is 17.3 Å². The molecule has 0 spiro atoms. The van der Waals surface area contributed by atoms with Gasteiger partial charge in [-0.2, -0.15) is 5.26 Å². The monoisotopic (exact) mass is 225 g/mol. The Hall–Kier alpha value is -0.650. The van der Waals surface area contributed by atoms with Gasteiger partial charge in [-0.1, -0.05) is 30.7 Å². The van der Waals surface area contributed by atoms with Gasteiger partial charge in [-0.05, 0) is 41.8 Å². The number of hydrogen-bond donors (Lipinski definition) is 0. The summed E-state index contributed by atoms with van der Waals surface area (Å²) in [5, 5.41) is 11.2. The highest BCUT2D eigenvalue weighted by atomic mass is 35.5. The van der Waals surface area contributed by atoms with Crippen molar-refractivity contribution in [3.63, 3.8) is 0 Å². The summed E-state index contributed by atoms with van der Waals surface area (Å²) in [6, 6.07) is 7.91. The second-order valence-electron chi connectivity index (χ2n) is 3.18. The zero-order valence-electron chi connectivity index (χ0n) is 8.03. The maximum atomic E-state index is 8.39. The number of benzene rings is 1. The van der Waals surface area contributed by atoms with E-state index in [9.17, 15) is 0 Å². The molecule has 0 fully saturated rings. The van der Waals surface area contributed by atoms with E-state index in [0.717, 1.165) is 17.2 Å². The molecule has 74 valence electrons. The Morgan fingerprint density at radius 1 is 1.57 bits per heavy atom. The van der Waals surface area contributed by atoms with Crippen molar-refractivity contribution in [2.24, 2.45) is 0 Å². The van der Waals surface area contributed by atoms with E-state index < -0.39 is 0 Å². The third-order valence-corrected chi connectivity index (χ3v) is 2.94. The second-order valence-corrected chi connectivity index (χ2v) is 4.50. The molecule has 0 aliphatic carbocycles. The first-order chi connectivity index (χ1) is 6.74. The van der Waals surface area contributed by atoms with Crippen molar-refractivity contribution in [3.8, 4) is 5.40 Å². The summed E-state index contributed by atoms with van der Waals surface area (Å²) in [7, 11) is 0. The average Bonchev–Trinajstić information content (AvgIpc) is 2.18. The molecule has 1 unspecified atom stereocenters. The zero-order valence-corrected chi connectivity index (χ0v) is 9.61. The highest BCUT2D eigenvalue weighted by Gasteiger charge is 2.05. The Balaban J connectivity index is 2.52. The number of nitrogens with zero attached hydrogens (tertiary/aromatic N) is 1. The number of thioether (sulfide) groups is 1. The van der Waals surface area contributed by atoms with Crippen LogP contribution >= 0.6 is 23.4 Å². The number of rotatable bonds is 4. The Morgan fingerprint density at radius 2 is 2.36 bits per heavy atom. The molecule has 3 heteroatoms. The molecule has 0 radical (unpaired) electrons. The number of nitriles is 1. The molecule has 0 bridgehead atoms. The van der Waals surface area contributed by atoms with Gasteiger partial charge in [-0.15, -0.1) is 0 Å². The van der Waals surface area contributed by atoms with Crippen LogP contribution in [-0.2, 0) is 0 Å². The predicted octanol–water partition coefficient (Wildman–Crippen LogP) is 4.05. The van der Waals surface area contributed by atoms with Crippen LogP contribution < -0.4 is 0 Å². The zero-order chi connectivity index (χ0) is 10.4. The van der Waals surface area contributed by atoms with E-state index in [0.29, 0.717) is 5.92 Å². The van der Waals surface area contributed by atoms with E-state index in [4.69, 9.17) is 16.9 Å². The van der Waals surface area contributed by atoms with Crippen molar-refractivity contribution in [2.45, 2.75) is 19.3 Å². The van der Waals surface area contributed by atoms with Crippen molar-refractivity contribution in [2.75, 3.05) is 5.75 Å². The smallest absolute Gasteiger partial charge is 0.133 e. The van der Waals surface area contributed by atoms with Crippen LogP contribution in [0.15, 0.2) is 24.3 Å². The third-order valence-electron chi connectivity index (χ3n) is 2.14. The summed E-state index contributed by atoms with van der Waals surface area (Å²) < 4.78 is 0. The fourth-order valence-corrected chi connectivity index (χ4v) is 2.02. The Labute approximate surface area is 94.1 Å². The summed E-state index contributed by atoms with van der Waals surface area (Å²) in [6.45, 7) is 2.16. The number of thiocyanates is 1. The molecule has 1 atom stereocenters. The second kappa shape index (κ2) is 5.95. The fraction of sp³-hybridized carbons (Fsp3) is 0.364. The summed E-state index contributed by atoms with van der Waals surface area (Å²) in [5.74, 6) is 1.35. The van der Waals surface area contributed by atoms with Gasteiger partial charge < -0.3 is 0 Å². The van der Waals surface area contributed by atoms with Crippen LogP contribution in [0.3, 0.4) is 0 Å². The summed E-state index contributed by atoms with van der Waals surface area (Å²) in [4.78, 5) is 0. The number of halogens is 1. The van der Waals surface area contributed by atoms with E-state index in [2.05, 4.69) is 18.4 Å². The number of hydrogen-bond acceptors (Lipinski definition) is 2. The minimum atomic E-state index is 0.467. The Kier molecular flexibility index (Phi) is 4.86. The SMILES string of the molecule is CC(CCSC#N)c1cccc(Cl)c1. The van der Waals surface area contributed by atoms with Gasteiger partial charge in [0.05, 0.1) is 0 Å². The quantitative estimate of drug-likeness (QED) is 0.570. The summed E-state index contributed by atoms with van der Waals surface area (Å²) in [5.41, 5.74) is 1.25. The van der Waals surface area contributed by atoms with Gasteiger partial charge in [0.1, 0.15) is 5.40 Å². The summed E-state index contributed by atoms with van der Waals surface area (Å²) in [6.07, 6.45) is 1.01. The van der Waals surface area contributed by atoms with Crippen LogP contribution in [0.5, 0.6) is 0 Å².